The van der Waals surface area contributed by atoms with Crippen LogP contribution in [0.25, 0.3) is 0 Å². The lowest BCUT2D eigenvalue weighted by Gasteiger charge is -2.03. The summed E-state index contributed by atoms with van der Waals surface area (Å²) in [7, 11) is 0. The molecule has 0 spiro atoms. The summed E-state index contributed by atoms with van der Waals surface area (Å²) >= 11 is 0. The minimum Gasteiger partial charge on any atom is -0.0654 e. The standard InChI is InChI=1S/C22H46.C9H20/c1-3-5-7-9-11-13-15-17-19-21-22-20-18-16-14-12-10-8-6-4-2;1-3-5-7-9-8-6-4-2/h3-22H2,1-2H3;3-9H2,1-2H3. The molecule has 0 aromatic rings. The van der Waals surface area contributed by atoms with Crippen molar-refractivity contribution in [1.29, 1.82) is 0 Å². The normalized spacial score (nSPS) is 10.8. The van der Waals surface area contributed by atoms with Crippen LogP contribution in [0.5, 0.6) is 0 Å². The van der Waals surface area contributed by atoms with E-state index in [1.165, 1.54) is 173 Å². The molecule has 0 N–H and O–H groups in total. The lowest BCUT2D eigenvalue weighted by atomic mass is 10.0. The molecule has 31 heavy (non-hydrogen) atoms. The fraction of sp³-hybridized carbons (Fsp3) is 1.00. The number of unbranched alkanes of at least 4 members (excludes halogenated alkanes) is 25. The van der Waals surface area contributed by atoms with Crippen LogP contribution in [0.1, 0.15) is 201 Å². The predicted octanol–water partition coefficient (Wildman–Crippen LogP) is 12.6. The quantitative estimate of drug-likeness (QED) is 0.124. The molecule has 0 aromatic carbocycles. The van der Waals surface area contributed by atoms with Gasteiger partial charge in [0.15, 0.2) is 0 Å². The van der Waals surface area contributed by atoms with Gasteiger partial charge in [0.05, 0.1) is 0 Å². The van der Waals surface area contributed by atoms with Crippen molar-refractivity contribution in [2.45, 2.75) is 201 Å². The highest BCUT2D eigenvalue weighted by Crippen LogP contribution is 2.14. The second-order valence-corrected chi connectivity index (χ2v) is 10.1. The van der Waals surface area contributed by atoms with Crippen LogP contribution < -0.4 is 0 Å². The monoisotopic (exact) mass is 439 g/mol. The Bertz CT molecular complexity index is 231. The van der Waals surface area contributed by atoms with Crippen molar-refractivity contribution in [3.63, 3.8) is 0 Å². The van der Waals surface area contributed by atoms with Gasteiger partial charge >= 0.3 is 0 Å². The van der Waals surface area contributed by atoms with Crippen molar-refractivity contribution in [3.05, 3.63) is 0 Å². The maximum absolute atomic E-state index is 2.30. The largest absolute Gasteiger partial charge is 0.0654 e. The van der Waals surface area contributed by atoms with Crippen LogP contribution in [0.2, 0.25) is 0 Å². The molecule has 0 heterocycles. The Morgan fingerprint density at radius 1 is 0.161 bits per heavy atom. The molecule has 0 heteroatoms. The smallest absolute Gasteiger partial charge is 0.0533 e. The Hall–Kier alpha value is 0. The van der Waals surface area contributed by atoms with Gasteiger partial charge < -0.3 is 0 Å². The lowest BCUT2D eigenvalue weighted by molar-refractivity contribution is 0.523. The van der Waals surface area contributed by atoms with Gasteiger partial charge in [-0.15, -0.1) is 0 Å². The van der Waals surface area contributed by atoms with Crippen molar-refractivity contribution in [3.8, 4) is 0 Å². The maximum atomic E-state index is 2.30. The van der Waals surface area contributed by atoms with Crippen LogP contribution >= 0.6 is 0 Å². The molecule has 0 unspecified atom stereocenters. The highest BCUT2D eigenvalue weighted by atomic mass is 14.0. The summed E-state index contributed by atoms with van der Waals surface area (Å²) in [6, 6.07) is 0. The van der Waals surface area contributed by atoms with Crippen molar-refractivity contribution in [2.24, 2.45) is 0 Å². The third kappa shape index (κ3) is 37.6. The van der Waals surface area contributed by atoms with Crippen molar-refractivity contribution in [1.82, 2.24) is 0 Å². The zero-order valence-electron chi connectivity index (χ0n) is 23.1. The Balaban J connectivity index is 0. The molecule has 0 aromatic heterocycles. The second kappa shape index (κ2) is 34.6. The number of hydrogen-bond donors (Lipinski definition) is 0. The van der Waals surface area contributed by atoms with Crippen LogP contribution in [0.15, 0.2) is 0 Å². The van der Waals surface area contributed by atoms with E-state index >= 15 is 0 Å². The van der Waals surface area contributed by atoms with Crippen LogP contribution in [0.3, 0.4) is 0 Å². The zero-order valence-corrected chi connectivity index (χ0v) is 23.1. The zero-order chi connectivity index (χ0) is 23.1. The first-order valence-electron chi connectivity index (χ1n) is 15.3. The van der Waals surface area contributed by atoms with Crippen LogP contribution in [-0.4, -0.2) is 0 Å². The van der Waals surface area contributed by atoms with Gasteiger partial charge in [0.25, 0.3) is 0 Å². The molecule has 0 saturated carbocycles. The van der Waals surface area contributed by atoms with Gasteiger partial charge in [0, 0.05) is 0 Å². The summed E-state index contributed by atoms with van der Waals surface area (Å²) in [4.78, 5) is 0. The second-order valence-electron chi connectivity index (χ2n) is 10.1. The molecule has 0 bridgehead atoms. The van der Waals surface area contributed by atoms with Gasteiger partial charge in [-0.05, 0) is 0 Å². The molecule has 190 valence electrons. The molecule has 0 aliphatic carbocycles. The highest BCUT2D eigenvalue weighted by molar-refractivity contribution is 4.50. The average Bonchev–Trinajstić information content (AvgIpc) is 2.79. The average molecular weight is 439 g/mol. The Morgan fingerprint density at radius 3 is 0.355 bits per heavy atom. The molecule has 0 atom stereocenters. The maximum Gasteiger partial charge on any atom is -0.0533 e. The first-order chi connectivity index (χ1) is 15.3. The summed E-state index contributed by atoms with van der Waals surface area (Å²) in [5.41, 5.74) is 0. The van der Waals surface area contributed by atoms with E-state index in [4.69, 9.17) is 0 Å². The van der Waals surface area contributed by atoms with Gasteiger partial charge in [-0.25, -0.2) is 0 Å². The Kier molecular flexibility index (Phi) is 37.0. The van der Waals surface area contributed by atoms with Gasteiger partial charge in [0.1, 0.15) is 0 Å². The van der Waals surface area contributed by atoms with E-state index in [1.807, 2.05) is 0 Å². The highest BCUT2D eigenvalue weighted by Gasteiger charge is 1.95. The molecule has 0 rings (SSSR count). The van der Waals surface area contributed by atoms with E-state index in [0.717, 1.165) is 0 Å². The molecular weight excluding hydrogens is 372 g/mol. The fourth-order valence-electron chi connectivity index (χ4n) is 4.36. The van der Waals surface area contributed by atoms with Crippen molar-refractivity contribution < 1.29 is 0 Å². The van der Waals surface area contributed by atoms with Crippen molar-refractivity contribution in [2.75, 3.05) is 0 Å². The summed E-state index contributed by atoms with van der Waals surface area (Å²) in [6.07, 6.45) is 39.4. The molecule has 0 fully saturated rings. The van der Waals surface area contributed by atoms with E-state index in [1.54, 1.807) is 0 Å². The van der Waals surface area contributed by atoms with Crippen LogP contribution in [-0.2, 0) is 0 Å². The van der Waals surface area contributed by atoms with E-state index in [0.29, 0.717) is 0 Å². The minimum atomic E-state index is 1.37. The van der Waals surface area contributed by atoms with E-state index in [-0.39, 0.29) is 0 Å². The van der Waals surface area contributed by atoms with Gasteiger partial charge in [-0.1, -0.05) is 201 Å². The third-order valence-electron chi connectivity index (χ3n) is 6.66. The molecule has 0 amide bonds. The fourth-order valence-corrected chi connectivity index (χ4v) is 4.36. The van der Waals surface area contributed by atoms with E-state index in [9.17, 15) is 0 Å². The summed E-state index contributed by atoms with van der Waals surface area (Å²) in [5, 5.41) is 0. The third-order valence-corrected chi connectivity index (χ3v) is 6.66. The summed E-state index contributed by atoms with van der Waals surface area (Å²) < 4.78 is 0. The van der Waals surface area contributed by atoms with Gasteiger partial charge in [-0.2, -0.15) is 0 Å². The van der Waals surface area contributed by atoms with Crippen LogP contribution in [0.4, 0.5) is 0 Å². The molecule has 0 aliphatic rings. The number of rotatable bonds is 25. The van der Waals surface area contributed by atoms with Gasteiger partial charge in [-0.3, -0.25) is 0 Å². The van der Waals surface area contributed by atoms with Crippen LogP contribution in [0, 0.1) is 0 Å². The molecular formula is C31H66. The van der Waals surface area contributed by atoms with E-state index in [2.05, 4.69) is 27.7 Å². The SMILES string of the molecule is CCCCCCCCC.CCCCCCCCCCCCCCCCCCCCCC. The van der Waals surface area contributed by atoms with Crippen molar-refractivity contribution >= 4 is 0 Å². The molecule has 0 saturated heterocycles. The molecule has 0 aliphatic heterocycles. The topological polar surface area (TPSA) is 0 Å². The first kappa shape index (κ1) is 33.2. The number of hydrogen-bond acceptors (Lipinski definition) is 0. The lowest BCUT2D eigenvalue weighted by Crippen LogP contribution is -1.84. The Morgan fingerprint density at radius 2 is 0.258 bits per heavy atom. The molecule has 0 radical (unpaired) electrons. The summed E-state index contributed by atoms with van der Waals surface area (Å²) in [5.74, 6) is 0. The minimum absolute atomic E-state index is 1.37. The molecule has 0 nitrogen and oxygen atoms in total. The first-order valence-corrected chi connectivity index (χ1v) is 15.3. The summed E-state index contributed by atoms with van der Waals surface area (Å²) in [6.45, 7) is 9.13. The Labute approximate surface area is 201 Å². The van der Waals surface area contributed by atoms with E-state index < -0.39 is 0 Å². The van der Waals surface area contributed by atoms with Gasteiger partial charge in [0.2, 0.25) is 0 Å². The predicted molar refractivity (Wildman–Crippen MR) is 147 cm³/mol.